The Kier molecular flexibility index (Phi) is 2.95. The first-order chi connectivity index (χ1) is 7.97. The molecular weight excluding hydrogens is 267 g/mol. The van der Waals surface area contributed by atoms with Crippen LogP contribution in [-0.2, 0) is 4.79 Å². The predicted octanol–water partition coefficient (Wildman–Crippen LogP) is 1.88. The van der Waals surface area contributed by atoms with Gasteiger partial charge in [-0.15, -0.1) is 0 Å². The minimum atomic E-state index is -0.617. The van der Waals surface area contributed by atoms with Gasteiger partial charge in [-0.25, -0.2) is 4.79 Å². The van der Waals surface area contributed by atoms with Gasteiger partial charge < -0.3 is 10.4 Å². The van der Waals surface area contributed by atoms with Crippen molar-refractivity contribution in [2.75, 3.05) is 0 Å². The van der Waals surface area contributed by atoms with Crippen molar-refractivity contribution >= 4 is 41.2 Å². The Bertz CT molecular complexity index is 555. The maximum atomic E-state index is 11.3. The lowest BCUT2D eigenvalue weighted by molar-refractivity contribution is -0.115. The molecule has 1 aromatic carbocycles. The molecule has 1 heterocycles. The number of hydrogen-bond acceptors (Lipinski definition) is 3. The van der Waals surface area contributed by atoms with E-state index < -0.39 is 11.9 Å². The number of urea groups is 1. The van der Waals surface area contributed by atoms with Crippen molar-refractivity contribution in [2.45, 2.75) is 0 Å². The highest BCUT2D eigenvalue weighted by atomic mass is 35.5. The molecule has 2 rings (SSSR count). The van der Waals surface area contributed by atoms with E-state index >= 15 is 0 Å². The van der Waals surface area contributed by atoms with Gasteiger partial charge in [0.15, 0.2) is 0 Å². The van der Waals surface area contributed by atoms with Gasteiger partial charge >= 0.3 is 6.03 Å². The number of amides is 3. The smallest absolute Gasteiger partial charge is 0.326 e. The van der Waals surface area contributed by atoms with Crippen LogP contribution in [0, 0.1) is 0 Å². The molecule has 1 aliphatic heterocycles. The highest BCUT2D eigenvalue weighted by molar-refractivity contribution is 6.36. The lowest BCUT2D eigenvalue weighted by Crippen LogP contribution is -2.22. The third-order valence-corrected chi connectivity index (χ3v) is 2.58. The molecule has 0 radical (unpaired) electrons. The summed E-state index contributed by atoms with van der Waals surface area (Å²) in [7, 11) is 0. The predicted molar refractivity (Wildman–Crippen MR) is 62.8 cm³/mol. The molecule has 0 aromatic heterocycles. The molecule has 1 aliphatic rings. The molecule has 3 N–H and O–H groups in total. The molecule has 7 heteroatoms. The van der Waals surface area contributed by atoms with Gasteiger partial charge in [0, 0.05) is 10.6 Å². The Morgan fingerprint density at radius 3 is 2.47 bits per heavy atom. The maximum absolute atomic E-state index is 11.3. The first-order valence-corrected chi connectivity index (χ1v) is 5.25. The summed E-state index contributed by atoms with van der Waals surface area (Å²) in [6.45, 7) is 0. The van der Waals surface area contributed by atoms with Crippen LogP contribution in [0.3, 0.4) is 0 Å². The minimum absolute atomic E-state index is 0.0173. The standard InChI is InChI=1S/C10H6Cl2N2O3/c11-5-1-4(8(15)6(12)3-5)2-7-9(16)14-10(17)13-7/h1-3,15H,(H2,13,14,16,17). The number of phenols is 1. The fourth-order valence-corrected chi connectivity index (χ4v) is 1.84. The monoisotopic (exact) mass is 272 g/mol. The number of imide groups is 1. The van der Waals surface area contributed by atoms with Gasteiger partial charge in [-0.05, 0) is 18.2 Å². The van der Waals surface area contributed by atoms with E-state index in [9.17, 15) is 14.7 Å². The summed E-state index contributed by atoms with van der Waals surface area (Å²) in [6.07, 6.45) is 1.29. The minimum Gasteiger partial charge on any atom is -0.506 e. The van der Waals surface area contributed by atoms with Gasteiger partial charge in [0.2, 0.25) is 0 Å². The average Bonchev–Trinajstić information content (AvgIpc) is 2.53. The highest BCUT2D eigenvalue weighted by Gasteiger charge is 2.23. The second-order valence-corrected chi connectivity index (χ2v) is 4.14. The van der Waals surface area contributed by atoms with Crippen molar-refractivity contribution in [1.82, 2.24) is 10.6 Å². The molecule has 1 aromatic rings. The zero-order chi connectivity index (χ0) is 12.6. The normalized spacial score (nSPS) is 17.2. The molecule has 0 atom stereocenters. The van der Waals surface area contributed by atoms with Gasteiger partial charge in [-0.2, -0.15) is 0 Å². The zero-order valence-corrected chi connectivity index (χ0v) is 9.76. The third-order valence-electron chi connectivity index (χ3n) is 2.08. The maximum Gasteiger partial charge on any atom is 0.326 e. The largest absolute Gasteiger partial charge is 0.506 e. The van der Waals surface area contributed by atoms with Crippen LogP contribution in [0.4, 0.5) is 4.79 Å². The Balaban J connectivity index is 2.46. The topological polar surface area (TPSA) is 78.4 Å². The SMILES string of the molecule is O=C1NC(=O)C(=Cc2cc(Cl)cc(Cl)c2O)N1. The van der Waals surface area contributed by atoms with Gasteiger partial charge in [-0.3, -0.25) is 10.1 Å². The number of aromatic hydroxyl groups is 1. The summed E-state index contributed by atoms with van der Waals surface area (Å²) in [4.78, 5) is 22.1. The molecule has 0 unspecified atom stereocenters. The van der Waals surface area contributed by atoms with Crippen LogP contribution < -0.4 is 10.6 Å². The Hall–Kier alpha value is -1.72. The molecule has 5 nitrogen and oxygen atoms in total. The van der Waals surface area contributed by atoms with E-state index in [-0.39, 0.29) is 22.0 Å². The van der Waals surface area contributed by atoms with E-state index in [1.54, 1.807) is 0 Å². The van der Waals surface area contributed by atoms with Crippen molar-refractivity contribution in [3.05, 3.63) is 33.4 Å². The highest BCUT2D eigenvalue weighted by Crippen LogP contribution is 2.32. The fourth-order valence-electron chi connectivity index (χ4n) is 1.33. The summed E-state index contributed by atoms with van der Waals surface area (Å²) in [5.74, 6) is -0.789. The van der Waals surface area contributed by atoms with E-state index in [0.29, 0.717) is 5.02 Å². The van der Waals surface area contributed by atoms with Gasteiger partial charge in [-0.1, -0.05) is 23.2 Å². The number of carbonyl (C=O) groups is 2. The molecule has 88 valence electrons. The number of carbonyl (C=O) groups excluding carboxylic acids is 2. The zero-order valence-electron chi connectivity index (χ0n) is 8.25. The Labute approximate surface area is 106 Å². The molecule has 17 heavy (non-hydrogen) atoms. The van der Waals surface area contributed by atoms with Gasteiger partial charge in [0.05, 0.1) is 5.02 Å². The second kappa shape index (κ2) is 4.27. The van der Waals surface area contributed by atoms with Crippen LogP contribution in [0.1, 0.15) is 5.56 Å². The van der Waals surface area contributed by atoms with E-state index in [1.165, 1.54) is 18.2 Å². The van der Waals surface area contributed by atoms with Crippen LogP contribution in [0.5, 0.6) is 5.75 Å². The number of phenolic OH excluding ortho intramolecular Hbond substituents is 1. The average molecular weight is 273 g/mol. The molecular formula is C10H6Cl2N2O3. The first-order valence-electron chi connectivity index (χ1n) is 4.49. The van der Waals surface area contributed by atoms with Gasteiger partial charge in [0.1, 0.15) is 11.4 Å². The van der Waals surface area contributed by atoms with Crippen LogP contribution in [0.2, 0.25) is 10.0 Å². The van der Waals surface area contributed by atoms with Crippen LogP contribution in [0.25, 0.3) is 6.08 Å². The summed E-state index contributed by atoms with van der Waals surface area (Å²) in [5.41, 5.74) is 0.262. The summed E-state index contributed by atoms with van der Waals surface area (Å²) < 4.78 is 0. The number of benzene rings is 1. The third kappa shape index (κ3) is 2.35. The van der Waals surface area contributed by atoms with E-state index in [2.05, 4.69) is 5.32 Å². The molecule has 0 spiro atoms. The van der Waals surface area contributed by atoms with Crippen molar-refractivity contribution in [2.24, 2.45) is 0 Å². The van der Waals surface area contributed by atoms with Crippen LogP contribution in [0.15, 0.2) is 17.8 Å². The Morgan fingerprint density at radius 1 is 1.18 bits per heavy atom. The number of hydrogen-bond donors (Lipinski definition) is 3. The molecule has 0 bridgehead atoms. The summed E-state index contributed by atoms with van der Waals surface area (Å²) in [5, 5.41) is 14.3. The van der Waals surface area contributed by atoms with E-state index in [4.69, 9.17) is 23.2 Å². The first kappa shape index (κ1) is 11.8. The summed E-state index contributed by atoms with van der Waals surface area (Å²) >= 11 is 11.5. The van der Waals surface area contributed by atoms with Crippen molar-refractivity contribution < 1.29 is 14.7 Å². The van der Waals surface area contributed by atoms with E-state index in [0.717, 1.165) is 0 Å². The quantitative estimate of drug-likeness (QED) is 0.540. The van der Waals surface area contributed by atoms with Crippen molar-refractivity contribution in [3.63, 3.8) is 0 Å². The molecule has 3 amide bonds. The summed E-state index contributed by atoms with van der Waals surface area (Å²) in [6, 6.07) is 2.18. The number of halogens is 2. The lowest BCUT2D eigenvalue weighted by Gasteiger charge is -2.03. The van der Waals surface area contributed by atoms with Crippen molar-refractivity contribution in [1.29, 1.82) is 0 Å². The van der Waals surface area contributed by atoms with Crippen LogP contribution in [-0.4, -0.2) is 17.0 Å². The van der Waals surface area contributed by atoms with E-state index in [1.807, 2.05) is 5.32 Å². The Morgan fingerprint density at radius 2 is 1.88 bits per heavy atom. The fraction of sp³-hybridized carbons (Fsp3) is 0. The van der Waals surface area contributed by atoms with Gasteiger partial charge in [0.25, 0.3) is 5.91 Å². The number of nitrogens with one attached hydrogen (secondary N) is 2. The molecule has 1 saturated heterocycles. The molecule has 1 fully saturated rings. The molecule has 0 saturated carbocycles. The van der Waals surface area contributed by atoms with Crippen LogP contribution >= 0.6 is 23.2 Å². The lowest BCUT2D eigenvalue weighted by atomic mass is 10.1. The molecule has 0 aliphatic carbocycles. The number of rotatable bonds is 1. The second-order valence-electron chi connectivity index (χ2n) is 3.29. The van der Waals surface area contributed by atoms with Crippen molar-refractivity contribution in [3.8, 4) is 5.75 Å².